The van der Waals surface area contributed by atoms with Gasteiger partial charge in [0, 0.05) is 31.9 Å². The molecule has 2 rings (SSSR count). The molecule has 0 atom stereocenters. The summed E-state index contributed by atoms with van der Waals surface area (Å²) in [5, 5.41) is 3.08. The van der Waals surface area contributed by atoms with Crippen LogP contribution >= 0.6 is 0 Å². The predicted octanol–water partition coefficient (Wildman–Crippen LogP) is 2.32. The van der Waals surface area contributed by atoms with E-state index < -0.39 is 0 Å². The summed E-state index contributed by atoms with van der Waals surface area (Å²) in [4.78, 5) is 4.57. The molecule has 0 unspecified atom stereocenters. The second-order valence-corrected chi connectivity index (χ2v) is 6.04. The number of rotatable bonds is 5. The van der Waals surface area contributed by atoms with Crippen molar-refractivity contribution in [1.29, 1.82) is 0 Å². The molecule has 0 spiro atoms. The molecule has 1 aromatic rings. The topological polar surface area (TPSA) is 18.5 Å². The second kappa shape index (κ2) is 7.04. The highest BCUT2D eigenvalue weighted by Gasteiger charge is 2.20. The van der Waals surface area contributed by atoms with Crippen LogP contribution in [0.5, 0.6) is 0 Å². The van der Waals surface area contributed by atoms with E-state index in [2.05, 4.69) is 35.3 Å². The SMILES string of the molecule is CNCc1cc(F)cc(N2CCC(CN(C)C)CC2)c1. The molecule has 1 aliphatic rings. The quantitative estimate of drug-likeness (QED) is 0.892. The minimum Gasteiger partial charge on any atom is -0.371 e. The molecule has 0 aromatic heterocycles. The third-order valence-electron chi connectivity index (χ3n) is 3.93. The van der Waals surface area contributed by atoms with Crippen molar-refractivity contribution >= 4 is 5.69 Å². The zero-order valence-corrected chi connectivity index (χ0v) is 12.8. The summed E-state index contributed by atoms with van der Waals surface area (Å²) >= 11 is 0. The molecule has 0 amide bonds. The minimum absolute atomic E-state index is 0.136. The van der Waals surface area contributed by atoms with Crippen LogP contribution in [0.4, 0.5) is 10.1 Å². The highest BCUT2D eigenvalue weighted by molar-refractivity contribution is 5.49. The van der Waals surface area contributed by atoms with Gasteiger partial charge in [-0.2, -0.15) is 0 Å². The third-order valence-corrected chi connectivity index (χ3v) is 3.93. The first-order chi connectivity index (χ1) is 9.58. The summed E-state index contributed by atoms with van der Waals surface area (Å²) < 4.78 is 13.7. The summed E-state index contributed by atoms with van der Waals surface area (Å²) in [7, 11) is 6.14. The number of nitrogens with zero attached hydrogens (tertiary/aromatic N) is 2. The Balaban J connectivity index is 1.99. The summed E-state index contributed by atoms with van der Waals surface area (Å²) in [6.07, 6.45) is 2.38. The molecule has 0 aliphatic carbocycles. The first-order valence-electron chi connectivity index (χ1n) is 7.42. The van der Waals surface area contributed by atoms with E-state index in [1.54, 1.807) is 12.1 Å². The zero-order chi connectivity index (χ0) is 14.5. The standard InChI is InChI=1S/C16H26FN3/c1-18-11-14-8-15(17)10-16(9-14)20-6-4-13(5-7-20)12-19(2)3/h8-10,13,18H,4-7,11-12H2,1-3H3. The van der Waals surface area contributed by atoms with Gasteiger partial charge in [-0.25, -0.2) is 4.39 Å². The molecule has 1 heterocycles. The summed E-state index contributed by atoms with van der Waals surface area (Å²) in [6.45, 7) is 3.92. The average molecular weight is 279 g/mol. The number of hydrogen-bond acceptors (Lipinski definition) is 3. The average Bonchev–Trinajstić information content (AvgIpc) is 2.38. The van der Waals surface area contributed by atoms with E-state index >= 15 is 0 Å². The van der Waals surface area contributed by atoms with Crippen molar-refractivity contribution in [3.8, 4) is 0 Å². The molecule has 0 saturated carbocycles. The lowest BCUT2D eigenvalue weighted by molar-refractivity contribution is 0.285. The van der Waals surface area contributed by atoms with Crippen molar-refractivity contribution < 1.29 is 4.39 Å². The molecule has 20 heavy (non-hydrogen) atoms. The van der Waals surface area contributed by atoms with Crippen LogP contribution < -0.4 is 10.2 Å². The van der Waals surface area contributed by atoms with Crippen molar-refractivity contribution in [1.82, 2.24) is 10.2 Å². The number of piperidine rings is 1. The van der Waals surface area contributed by atoms with E-state index in [0.29, 0.717) is 6.54 Å². The monoisotopic (exact) mass is 279 g/mol. The Hall–Kier alpha value is -1.13. The summed E-state index contributed by atoms with van der Waals surface area (Å²) in [5.74, 6) is 0.634. The van der Waals surface area contributed by atoms with Crippen molar-refractivity contribution in [3.05, 3.63) is 29.6 Å². The number of benzene rings is 1. The molecular formula is C16H26FN3. The maximum Gasteiger partial charge on any atom is 0.125 e. The lowest BCUT2D eigenvalue weighted by atomic mass is 9.96. The van der Waals surface area contributed by atoms with Crippen LogP contribution in [0.2, 0.25) is 0 Å². The van der Waals surface area contributed by atoms with Crippen molar-refractivity contribution in [2.45, 2.75) is 19.4 Å². The van der Waals surface area contributed by atoms with Crippen molar-refractivity contribution in [3.63, 3.8) is 0 Å². The third kappa shape index (κ3) is 4.18. The van der Waals surface area contributed by atoms with Gasteiger partial charge in [-0.15, -0.1) is 0 Å². The molecule has 1 aliphatic heterocycles. The predicted molar refractivity (Wildman–Crippen MR) is 82.7 cm³/mol. The first kappa shape index (κ1) is 15.3. The Kier molecular flexibility index (Phi) is 5.38. The maximum atomic E-state index is 13.7. The van der Waals surface area contributed by atoms with Gasteiger partial charge in [-0.3, -0.25) is 0 Å². The highest BCUT2D eigenvalue weighted by Crippen LogP contribution is 2.25. The van der Waals surface area contributed by atoms with Gasteiger partial charge in [0.05, 0.1) is 0 Å². The first-order valence-corrected chi connectivity index (χ1v) is 7.42. The maximum absolute atomic E-state index is 13.7. The van der Waals surface area contributed by atoms with Crippen LogP contribution in [-0.4, -0.2) is 45.7 Å². The van der Waals surface area contributed by atoms with Gasteiger partial charge in [0.2, 0.25) is 0 Å². The smallest absolute Gasteiger partial charge is 0.125 e. The summed E-state index contributed by atoms with van der Waals surface area (Å²) in [5.41, 5.74) is 2.04. The number of anilines is 1. The molecule has 1 fully saturated rings. The van der Waals surface area contributed by atoms with Gasteiger partial charge >= 0.3 is 0 Å². The Morgan fingerprint density at radius 2 is 1.95 bits per heavy atom. The van der Waals surface area contributed by atoms with Gasteiger partial charge in [0.1, 0.15) is 5.82 Å². The van der Waals surface area contributed by atoms with E-state index in [1.165, 1.54) is 12.8 Å². The van der Waals surface area contributed by atoms with E-state index in [9.17, 15) is 4.39 Å². The van der Waals surface area contributed by atoms with Gasteiger partial charge in [-0.1, -0.05) is 0 Å². The summed E-state index contributed by atoms with van der Waals surface area (Å²) in [6, 6.07) is 5.37. The van der Waals surface area contributed by atoms with E-state index in [0.717, 1.165) is 36.8 Å². The van der Waals surface area contributed by atoms with E-state index in [-0.39, 0.29) is 5.82 Å². The fourth-order valence-corrected chi connectivity index (χ4v) is 3.01. The van der Waals surface area contributed by atoms with Crippen LogP contribution in [0, 0.1) is 11.7 Å². The lowest BCUT2D eigenvalue weighted by Gasteiger charge is -2.35. The Labute approximate surface area is 121 Å². The molecule has 1 N–H and O–H groups in total. The van der Waals surface area contributed by atoms with Crippen LogP contribution in [0.25, 0.3) is 0 Å². The highest BCUT2D eigenvalue weighted by atomic mass is 19.1. The largest absolute Gasteiger partial charge is 0.371 e. The fraction of sp³-hybridized carbons (Fsp3) is 0.625. The molecule has 0 radical (unpaired) electrons. The molecule has 112 valence electrons. The van der Waals surface area contributed by atoms with E-state index in [1.807, 2.05) is 7.05 Å². The van der Waals surface area contributed by atoms with Gasteiger partial charge in [0.15, 0.2) is 0 Å². The van der Waals surface area contributed by atoms with Crippen LogP contribution in [0.1, 0.15) is 18.4 Å². The normalized spacial score (nSPS) is 16.9. The molecule has 4 heteroatoms. The Bertz CT molecular complexity index is 426. The Morgan fingerprint density at radius 3 is 2.55 bits per heavy atom. The molecular weight excluding hydrogens is 253 g/mol. The minimum atomic E-state index is -0.136. The molecule has 1 saturated heterocycles. The zero-order valence-electron chi connectivity index (χ0n) is 12.8. The molecule has 1 aromatic carbocycles. The Morgan fingerprint density at radius 1 is 1.25 bits per heavy atom. The van der Waals surface area contributed by atoms with Gasteiger partial charge in [0.25, 0.3) is 0 Å². The second-order valence-electron chi connectivity index (χ2n) is 6.04. The van der Waals surface area contributed by atoms with Crippen molar-refractivity contribution in [2.24, 2.45) is 5.92 Å². The number of nitrogens with one attached hydrogen (secondary N) is 1. The molecule has 0 bridgehead atoms. The molecule has 3 nitrogen and oxygen atoms in total. The van der Waals surface area contributed by atoms with Crippen LogP contribution in [0.3, 0.4) is 0 Å². The van der Waals surface area contributed by atoms with Crippen LogP contribution in [-0.2, 0) is 6.54 Å². The van der Waals surface area contributed by atoms with Crippen molar-refractivity contribution in [2.75, 3.05) is 45.7 Å². The number of hydrogen-bond donors (Lipinski definition) is 1. The van der Waals surface area contributed by atoms with E-state index in [4.69, 9.17) is 0 Å². The van der Waals surface area contributed by atoms with Crippen LogP contribution in [0.15, 0.2) is 18.2 Å². The van der Waals surface area contributed by atoms with Gasteiger partial charge in [-0.05, 0) is 63.7 Å². The van der Waals surface area contributed by atoms with Gasteiger partial charge < -0.3 is 15.1 Å². The fourth-order valence-electron chi connectivity index (χ4n) is 3.01. The number of halogens is 1. The lowest BCUT2D eigenvalue weighted by Crippen LogP contribution is -2.37.